The summed E-state index contributed by atoms with van der Waals surface area (Å²) in [7, 11) is 2.67. The van der Waals surface area contributed by atoms with Gasteiger partial charge in [-0.2, -0.15) is 0 Å². The third kappa shape index (κ3) is 28.3. The number of allylic oxidation sites excluding steroid dienone is 1. The smallest absolute Gasteiger partial charge is 0.330 e. The number of esters is 2. The Balaban J connectivity index is -0.000000296. The fourth-order valence-electron chi connectivity index (χ4n) is 0.968. The van der Waals surface area contributed by atoms with Crippen molar-refractivity contribution in [2.24, 2.45) is 0 Å². The van der Waals surface area contributed by atoms with Crippen molar-refractivity contribution < 1.29 is 28.6 Å². The van der Waals surface area contributed by atoms with Crippen molar-refractivity contribution in [2.45, 2.75) is 12.8 Å². The zero-order valence-corrected chi connectivity index (χ0v) is 21.8. The van der Waals surface area contributed by atoms with Crippen molar-refractivity contribution in [2.75, 3.05) is 48.8 Å². The van der Waals surface area contributed by atoms with Gasteiger partial charge in [-0.25, -0.2) is 9.59 Å². The molecule has 0 saturated carbocycles. The summed E-state index contributed by atoms with van der Waals surface area (Å²) < 4.78 is 13.5. The van der Waals surface area contributed by atoms with Crippen LogP contribution in [0.1, 0.15) is 12.8 Å². The van der Waals surface area contributed by atoms with Crippen LogP contribution in [0.4, 0.5) is 0 Å². The summed E-state index contributed by atoms with van der Waals surface area (Å²) in [6.45, 7) is 5.16. The number of carbonyl (C=O) groups is 3. The fourth-order valence-corrected chi connectivity index (χ4v) is 3.15. The number of hydrogen-bond acceptors (Lipinski definition) is 6. The molecule has 10 heteroatoms. The van der Waals surface area contributed by atoms with Gasteiger partial charge in [0.1, 0.15) is 0 Å². The molecule has 0 aromatic carbocycles. The maximum absolute atomic E-state index is 10.6. The Hall–Kier alpha value is -0.0300. The Labute approximate surface area is 195 Å². The second kappa shape index (κ2) is 26.0. The van der Waals surface area contributed by atoms with Crippen LogP contribution in [0.5, 0.6) is 0 Å². The first-order valence-electron chi connectivity index (χ1n) is 7.67. The zero-order chi connectivity index (χ0) is 21.5. The molecule has 1 rings (SSSR count). The number of ether oxygens (including phenoxy) is 3. The van der Waals surface area contributed by atoms with Crippen LogP contribution in [0.3, 0.4) is 0 Å². The molecule has 0 unspecified atom stereocenters. The predicted octanol–water partition coefficient (Wildman–Crippen LogP) is 4.36. The predicted molar refractivity (Wildman–Crippen MR) is 123 cm³/mol. The number of alkyl halides is 4. The van der Waals surface area contributed by atoms with Crippen molar-refractivity contribution in [3.05, 3.63) is 24.3 Å². The summed E-state index contributed by atoms with van der Waals surface area (Å²) in [5, 5.41) is 2.29. The van der Waals surface area contributed by atoms with Gasteiger partial charge >= 0.3 is 11.9 Å². The highest BCUT2D eigenvalue weighted by Crippen LogP contribution is 2.03. The van der Waals surface area contributed by atoms with Gasteiger partial charge in [0.15, 0.2) is 5.78 Å². The summed E-state index contributed by atoms with van der Waals surface area (Å²) in [6.07, 6.45) is 5.13. The third-order valence-electron chi connectivity index (χ3n) is 2.36. The van der Waals surface area contributed by atoms with Crippen LogP contribution in [-0.4, -0.2) is 66.5 Å². The first-order valence-corrected chi connectivity index (χ1v) is 12.2. The Morgan fingerprint density at radius 2 is 1.33 bits per heavy atom. The minimum atomic E-state index is -0.394. The Morgan fingerprint density at radius 3 is 1.48 bits per heavy atom. The first-order chi connectivity index (χ1) is 12.9. The Kier molecular flexibility index (Phi) is 30.5. The molecule has 0 spiro atoms. The molecule has 0 aromatic heterocycles. The zero-order valence-electron chi connectivity index (χ0n) is 15.5. The van der Waals surface area contributed by atoms with Gasteiger partial charge in [-0.3, -0.25) is 4.79 Å². The van der Waals surface area contributed by atoms with Crippen LogP contribution in [0.2, 0.25) is 0 Å². The van der Waals surface area contributed by atoms with E-state index in [2.05, 4.69) is 79.8 Å². The SMILES string of the molecule is C1CCOC1.C=CC(=O)OC.COC(=O)C=C(CBr)CBr.O=C(CBr)CBr. The summed E-state index contributed by atoms with van der Waals surface area (Å²) in [5.41, 5.74) is 0.965. The number of ketones is 1. The molecular weight excluding hydrogens is 620 g/mol. The van der Waals surface area contributed by atoms with E-state index in [1.807, 2.05) is 0 Å². The van der Waals surface area contributed by atoms with Crippen LogP contribution in [0.15, 0.2) is 24.3 Å². The highest BCUT2D eigenvalue weighted by atomic mass is 79.9. The number of halogens is 4. The third-order valence-corrected chi connectivity index (χ3v) is 5.05. The van der Waals surface area contributed by atoms with E-state index in [0.29, 0.717) is 21.3 Å². The van der Waals surface area contributed by atoms with Crippen LogP contribution >= 0.6 is 63.7 Å². The lowest BCUT2D eigenvalue weighted by atomic mass is 10.3. The number of methoxy groups -OCH3 is 2. The highest BCUT2D eigenvalue weighted by Gasteiger charge is 1.97. The number of rotatable bonds is 6. The number of Topliss-reactive ketones (excluding diaryl/α,β-unsaturated/α-hetero) is 1. The number of hydrogen-bond donors (Lipinski definition) is 0. The van der Waals surface area contributed by atoms with E-state index in [9.17, 15) is 14.4 Å². The van der Waals surface area contributed by atoms with E-state index in [4.69, 9.17) is 4.74 Å². The van der Waals surface area contributed by atoms with Crippen LogP contribution in [0, 0.1) is 0 Å². The molecule has 1 heterocycles. The number of carbonyl (C=O) groups excluding carboxylic acids is 3. The monoisotopic (exact) mass is 642 g/mol. The molecular formula is C17H26Br4O6. The van der Waals surface area contributed by atoms with Gasteiger partial charge < -0.3 is 14.2 Å². The largest absolute Gasteiger partial charge is 0.466 e. The van der Waals surface area contributed by atoms with Crippen LogP contribution < -0.4 is 0 Å². The minimum absolute atomic E-state index is 0.176. The van der Waals surface area contributed by atoms with E-state index < -0.39 is 5.97 Å². The first kappa shape index (κ1) is 31.7. The molecule has 27 heavy (non-hydrogen) atoms. The van der Waals surface area contributed by atoms with Gasteiger partial charge in [0.2, 0.25) is 0 Å². The van der Waals surface area contributed by atoms with E-state index in [0.717, 1.165) is 24.9 Å². The molecule has 0 atom stereocenters. The lowest BCUT2D eigenvalue weighted by Crippen LogP contribution is -1.98. The normalized spacial score (nSPS) is 11.0. The van der Waals surface area contributed by atoms with Crippen molar-refractivity contribution in [1.29, 1.82) is 0 Å². The average Bonchev–Trinajstić information content (AvgIpc) is 3.31. The van der Waals surface area contributed by atoms with Crippen molar-refractivity contribution in [3.63, 3.8) is 0 Å². The molecule has 1 aliphatic rings. The Bertz CT molecular complexity index is 418. The quantitative estimate of drug-likeness (QED) is 0.243. The van der Waals surface area contributed by atoms with E-state index in [-0.39, 0.29) is 11.8 Å². The summed E-state index contributed by atoms with van der Waals surface area (Å²) >= 11 is 12.4. The molecule has 0 amide bonds. The van der Waals surface area contributed by atoms with Gasteiger partial charge in [-0.1, -0.05) is 70.3 Å². The van der Waals surface area contributed by atoms with Crippen molar-refractivity contribution in [1.82, 2.24) is 0 Å². The lowest BCUT2D eigenvalue weighted by molar-refractivity contribution is -0.135. The summed E-state index contributed by atoms with van der Waals surface area (Å²) in [4.78, 5) is 30.5. The fraction of sp³-hybridized carbons (Fsp3) is 0.588. The summed E-state index contributed by atoms with van der Waals surface area (Å²) in [6, 6.07) is 0. The van der Waals surface area contributed by atoms with Gasteiger partial charge in [-0.15, -0.1) is 0 Å². The van der Waals surface area contributed by atoms with Crippen molar-refractivity contribution >= 4 is 81.4 Å². The molecule has 158 valence electrons. The van der Waals surface area contributed by atoms with Gasteiger partial charge in [-0.05, 0) is 18.4 Å². The standard InChI is InChI=1S/C6H8Br2O2.C4H6O2.C4H8O.C3H4Br2O/c1-10-6(9)2-5(3-7)4-8;1-3-4(5)6-2;1-2-4-5-3-1;4-1-3(6)2-5/h2H,3-4H2,1H3;3H,1H2,2H3;1-4H2;1-2H2. The molecule has 6 nitrogen and oxygen atoms in total. The Morgan fingerprint density at radius 1 is 0.889 bits per heavy atom. The molecule has 0 radical (unpaired) electrons. The van der Waals surface area contributed by atoms with Crippen LogP contribution in [-0.2, 0) is 28.6 Å². The maximum Gasteiger partial charge on any atom is 0.330 e. The maximum atomic E-state index is 10.6. The highest BCUT2D eigenvalue weighted by molar-refractivity contribution is 9.10. The van der Waals surface area contributed by atoms with E-state index in [1.165, 1.54) is 33.1 Å². The molecule has 0 N–H and O–H groups in total. The second-order valence-corrected chi connectivity index (χ2v) is 6.69. The molecule has 1 saturated heterocycles. The van der Waals surface area contributed by atoms with Crippen LogP contribution in [0.25, 0.3) is 0 Å². The van der Waals surface area contributed by atoms with Gasteiger partial charge in [0.25, 0.3) is 0 Å². The lowest BCUT2D eigenvalue weighted by Gasteiger charge is -1.95. The molecule has 0 aliphatic carbocycles. The molecule has 1 fully saturated rings. The van der Waals surface area contributed by atoms with Gasteiger partial charge in [0.05, 0.1) is 24.9 Å². The average molecular weight is 646 g/mol. The molecule has 0 aromatic rings. The summed E-state index contributed by atoms with van der Waals surface area (Å²) in [5.74, 6) is -0.529. The topological polar surface area (TPSA) is 78.9 Å². The molecule has 0 bridgehead atoms. The van der Waals surface area contributed by atoms with E-state index in [1.54, 1.807) is 0 Å². The molecule has 1 aliphatic heterocycles. The van der Waals surface area contributed by atoms with Crippen molar-refractivity contribution in [3.8, 4) is 0 Å². The van der Waals surface area contributed by atoms with Gasteiger partial charge in [0, 0.05) is 36.0 Å². The second-order valence-electron chi connectivity index (χ2n) is 4.45. The van der Waals surface area contributed by atoms with E-state index >= 15 is 0 Å². The minimum Gasteiger partial charge on any atom is -0.466 e.